The number of carbonyl (C=O) groups is 2. The number of benzene rings is 1. The smallest absolute Gasteiger partial charge is 0.410 e. The molecule has 1 N–H and O–H groups in total. The molecule has 1 unspecified atom stereocenters. The molecule has 0 aliphatic carbocycles. The number of nitrogens with zero attached hydrogens (tertiary/aromatic N) is 1. The van der Waals surface area contributed by atoms with E-state index in [-0.39, 0.29) is 5.91 Å². The van der Waals surface area contributed by atoms with Crippen LogP contribution in [0.2, 0.25) is 0 Å². The van der Waals surface area contributed by atoms with Crippen molar-refractivity contribution < 1.29 is 14.3 Å². The quantitative estimate of drug-likeness (QED) is 0.750. The molecule has 0 aromatic heterocycles. The van der Waals surface area contributed by atoms with Crippen molar-refractivity contribution >= 4 is 40.3 Å². The van der Waals surface area contributed by atoms with Crippen LogP contribution in [0, 0.1) is 3.57 Å². The summed E-state index contributed by atoms with van der Waals surface area (Å²) in [6.07, 6.45) is 1.05. The first-order valence-corrected chi connectivity index (χ1v) is 8.40. The highest BCUT2D eigenvalue weighted by Gasteiger charge is 2.36. The van der Waals surface area contributed by atoms with E-state index in [0.717, 1.165) is 15.7 Å². The van der Waals surface area contributed by atoms with E-state index >= 15 is 0 Å². The van der Waals surface area contributed by atoms with E-state index in [1.165, 1.54) is 4.90 Å². The zero-order valence-electron chi connectivity index (χ0n) is 13.1. The van der Waals surface area contributed by atoms with Crippen molar-refractivity contribution in [1.29, 1.82) is 0 Å². The zero-order valence-corrected chi connectivity index (χ0v) is 15.2. The number of likely N-dealkylation sites (tertiary alicyclic amines) is 1. The highest BCUT2D eigenvalue weighted by atomic mass is 127. The lowest BCUT2D eigenvalue weighted by molar-refractivity contribution is -0.120. The summed E-state index contributed by atoms with van der Waals surface area (Å²) in [4.78, 5) is 26.1. The van der Waals surface area contributed by atoms with E-state index in [4.69, 9.17) is 4.74 Å². The van der Waals surface area contributed by atoms with Crippen LogP contribution >= 0.6 is 22.6 Å². The van der Waals surface area contributed by atoms with Gasteiger partial charge < -0.3 is 10.1 Å². The number of ether oxygens (including phenoxy) is 1. The van der Waals surface area contributed by atoms with E-state index < -0.39 is 17.7 Å². The van der Waals surface area contributed by atoms with Crippen LogP contribution in [-0.2, 0) is 9.53 Å². The first-order valence-electron chi connectivity index (χ1n) is 7.32. The van der Waals surface area contributed by atoms with Crippen molar-refractivity contribution in [1.82, 2.24) is 4.90 Å². The molecule has 5 nitrogen and oxygen atoms in total. The maximum atomic E-state index is 12.4. The molecule has 1 aromatic rings. The van der Waals surface area contributed by atoms with Gasteiger partial charge in [0.25, 0.3) is 0 Å². The highest BCUT2D eigenvalue weighted by molar-refractivity contribution is 14.1. The molecule has 1 saturated heterocycles. The molecule has 1 aliphatic heterocycles. The minimum Gasteiger partial charge on any atom is -0.444 e. The minimum absolute atomic E-state index is 0.162. The van der Waals surface area contributed by atoms with Gasteiger partial charge in [-0.05, 0) is 80.5 Å². The Labute approximate surface area is 144 Å². The molecule has 1 heterocycles. The van der Waals surface area contributed by atoms with Crippen molar-refractivity contribution in [3.63, 3.8) is 0 Å². The van der Waals surface area contributed by atoms with Crippen LogP contribution in [0.15, 0.2) is 24.3 Å². The van der Waals surface area contributed by atoms with Crippen molar-refractivity contribution in [2.45, 2.75) is 45.3 Å². The van der Waals surface area contributed by atoms with Gasteiger partial charge in [0.15, 0.2) is 0 Å². The van der Waals surface area contributed by atoms with Crippen LogP contribution in [-0.4, -0.2) is 35.1 Å². The Kier molecular flexibility index (Phi) is 5.31. The fourth-order valence-corrected chi connectivity index (χ4v) is 2.70. The van der Waals surface area contributed by atoms with Crippen molar-refractivity contribution in [3.8, 4) is 0 Å². The van der Waals surface area contributed by atoms with E-state index in [1.54, 1.807) is 0 Å². The Morgan fingerprint density at radius 2 is 1.91 bits per heavy atom. The molecular weight excluding hydrogens is 395 g/mol. The largest absolute Gasteiger partial charge is 0.444 e. The van der Waals surface area contributed by atoms with Crippen molar-refractivity contribution in [2.24, 2.45) is 0 Å². The van der Waals surface area contributed by atoms with E-state index in [1.807, 2.05) is 45.0 Å². The number of nitrogens with one attached hydrogen (secondary N) is 1. The summed E-state index contributed by atoms with van der Waals surface area (Å²) >= 11 is 2.21. The molecular formula is C16H21IN2O3. The lowest BCUT2D eigenvalue weighted by Gasteiger charge is -2.28. The van der Waals surface area contributed by atoms with Gasteiger partial charge in [-0.25, -0.2) is 4.79 Å². The van der Waals surface area contributed by atoms with Gasteiger partial charge in [-0.3, -0.25) is 9.69 Å². The Balaban J connectivity index is 2.01. The SMILES string of the molecule is CC(C)(C)OC(=O)N1CCCC1C(=O)Nc1ccc(I)cc1. The third kappa shape index (κ3) is 4.59. The van der Waals surface area contributed by atoms with E-state index in [0.29, 0.717) is 13.0 Å². The normalized spacial score (nSPS) is 18.2. The predicted octanol–water partition coefficient (Wildman–Crippen LogP) is 3.63. The van der Waals surface area contributed by atoms with Crippen LogP contribution in [0.4, 0.5) is 10.5 Å². The van der Waals surface area contributed by atoms with Crippen LogP contribution in [0.25, 0.3) is 0 Å². The molecule has 2 amide bonds. The predicted molar refractivity (Wildman–Crippen MR) is 93.8 cm³/mol. The molecule has 0 spiro atoms. The van der Waals surface area contributed by atoms with Crippen molar-refractivity contribution in [3.05, 3.63) is 27.8 Å². The van der Waals surface area contributed by atoms with Crippen LogP contribution in [0.5, 0.6) is 0 Å². The van der Waals surface area contributed by atoms with Crippen LogP contribution < -0.4 is 5.32 Å². The van der Waals surface area contributed by atoms with Crippen LogP contribution in [0.1, 0.15) is 33.6 Å². The highest BCUT2D eigenvalue weighted by Crippen LogP contribution is 2.22. The van der Waals surface area contributed by atoms with Crippen LogP contribution in [0.3, 0.4) is 0 Å². The van der Waals surface area contributed by atoms with E-state index in [9.17, 15) is 9.59 Å². The second-order valence-electron chi connectivity index (χ2n) is 6.33. The third-order valence-corrected chi connectivity index (χ3v) is 4.01. The monoisotopic (exact) mass is 416 g/mol. The lowest BCUT2D eigenvalue weighted by atomic mass is 10.2. The van der Waals surface area contributed by atoms with Gasteiger partial charge in [0.1, 0.15) is 11.6 Å². The summed E-state index contributed by atoms with van der Waals surface area (Å²) in [6, 6.07) is 7.10. The first kappa shape index (κ1) is 17.1. The Bertz CT molecular complexity index is 552. The summed E-state index contributed by atoms with van der Waals surface area (Å²) in [5.41, 5.74) is 0.179. The molecule has 1 fully saturated rings. The average molecular weight is 416 g/mol. The zero-order chi connectivity index (χ0) is 16.3. The molecule has 1 aromatic carbocycles. The second-order valence-corrected chi connectivity index (χ2v) is 7.57. The summed E-state index contributed by atoms with van der Waals surface area (Å²) < 4.78 is 6.48. The van der Waals surface area contributed by atoms with E-state index in [2.05, 4.69) is 27.9 Å². The third-order valence-electron chi connectivity index (χ3n) is 3.30. The summed E-state index contributed by atoms with van der Waals surface area (Å²) in [6.45, 7) is 6.02. The number of hydrogen-bond donors (Lipinski definition) is 1. The lowest BCUT2D eigenvalue weighted by Crippen LogP contribution is -2.45. The second kappa shape index (κ2) is 6.85. The maximum absolute atomic E-state index is 12.4. The number of amides is 2. The Morgan fingerprint density at radius 1 is 1.27 bits per heavy atom. The van der Waals surface area contributed by atoms with Gasteiger partial charge >= 0.3 is 6.09 Å². The fraction of sp³-hybridized carbons (Fsp3) is 0.500. The fourth-order valence-electron chi connectivity index (χ4n) is 2.34. The number of anilines is 1. The Hall–Kier alpha value is -1.31. The summed E-state index contributed by atoms with van der Waals surface area (Å²) in [7, 11) is 0. The average Bonchev–Trinajstić information content (AvgIpc) is 2.89. The molecule has 1 atom stereocenters. The standard InChI is InChI=1S/C16H21IN2O3/c1-16(2,3)22-15(21)19-10-4-5-13(19)14(20)18-12-8-6-11(17)7-9-12/h6-9,13H,4-5,10H2,1-3H3,(H,18,20). The van der Waals surface area contributed by atoms with Gasteiger partial charge in [-0.1, -0.05) is 0 Å². The molecule has 0 bridgehead atoms. The van der Waals surface area contributed by atoms with Gasteiger partial charge in [-0.15, -0.1) is 0 Å². The summed E-state index contributed by atoms with van der Waals surface area (Å²) in [5, 5.41) is 2.87. The van der Waals surface area contributed by atoms with Gasteiger partial charge in [0.2, 0.25) is 5.91 Å². The topological polar surface area (TPSA) is 58.6 Å². The first-order chi connectivity index (χ1) is 10.3. The minimum atomic E-state index is -0.559. The Morgan fingerprint density at radius 3 is 2.50 bits per heavy atom. The molecule has 6 heteroatoms. The molecule has 120 valence electrons. The van der Waals surface area contributed by atoms with Gasteiger partial charge in [-0.2, -0.15) is 0 Å². The molecule has 22 heavy (non-hydrogen) atoms. The van der Waals surface area contributed by atoms with Crippen molar-refractivity contribution in [2.75, 3.05) is 11.9 Å². The molecule has 0 saturated carbocycles. The summed E-state index contributed by atoms with van der Waals surface area (Å²) in [5.74, 6) is -0.162. The van der Waals surface area contributed by atoms with Gasteiger partial charge in [0, 0.05) is 15.8 Å². The number of carbonyl (C=O) groups excluding carboxylic acids is 2. The molecule has 2 rings (SSSR count). The number of halogens is 1. The number of hydrogen-bond acceptors (Lipinski definition) is 3. The molecule has 0 radical (unpaired) electrons. The molecule has 1 aliphatic rings. The number of rotatable bonds is 2. The maximum Gasteiger partial charge on any atom is 0.410 e. The van der Waals surface area contributed by atoms with Gasteiger partial charge in [0.05, 0.1) is 0 Å².